The third kappa shape index (κ3) is 7.44. The van der Waals surface area contributed by atoms with E-state index in [0.29, 0.717) is 53.6 Å². The minimum Gasteiger partial charge on any atom is -0.493 e. The number of ether oxygens (including phenoxy) is 3. The number of hydrogen-bond acceptors (Lipinski definition) is 7. The predicted molar refractivity (Wildman–Crippen MR) is 159 cm³/mol. The summed E-state index contributed by atoms with van der Waals surface area (Å²) in [4.78, 5) is 28.9. The summed E-state index contributed by atoms with van der Waals surface area (Å²) in [6.07, 6.45) is 12.6. The number of benzene rings is 2. The molecule has 2 amide bonds. The van der Waals surface area contributed by atoms with E-state index in [4.69, 9.17) is 14.2 Å². The van der Waals surface area contributed by atoms with E-state index < -0.39 is 17.6 Å². The van der Waals surface area contributed by atoms with Crippen LogP contribution in [-0.2, 0) is 9.59 Å². The van der Waals surface area contributed by atoms with Crippen LogP contribution < -0.4 is 30.2 Å². The maximum absolute atomic E-state index is 15.0. The Hall–Kier alpha value is -4.44. The summed E-state index contributed by atoms with van der Waals surface area (Å²) in [7, 11) is 1.56. The van der Waals surface area contributed by atoms with Crippen LogP contribution in [0.25, 0.3) is 10.9 Å². The van der Waals surface area contributed by atoms with Gasteiger partial charge >= 0.3 is 11.8 Å². The highest BCUT2D eigenvalue weighted by Crippen LogP contribution is 2.38. The quantitative estimate of drug-likeness (QED) is 0.283. The Morgan fingerprint density at radius 1 is 1.02 bits per heavy atom. The van der Waals surface area contributed by atoms with Gasteiger partial charge in [-0.15, -0.1) is 0 Å². The van der Waals surface area contributed by atoms with Gasteiger partial charge < -0.3 is 30.2 Å². The van der Waals surface area contributed by atoms with Gasteiger partial charge in [-0.2, -0.15) is 0 Å². The zero-order chi connectivity index (χ0) is 29.3. The molecule has 220 valence electrons. The first kappa shape index (κ1) is 29.1. The molecule has 2 aliphatic rings. The summed E-state index contributed by atoms with van der Waals surface area (Å²) in [6, 6.07) is 9.17. The molecule has 3 aromatic rings. The van der Waals surface area contributed by atoms with Gasteiger partial charge in [-0.1, -0.05) is 23.8 Å². The van der Waals surface area contributed by atoms with Crippen LogP contribution in [0.15, 0.2) is 66.4 Å². The fourth-order valence-corrected chi connectivity index (χ4v) is 4.97. The number of piperidine rings is 1. The number of fused-ring (bicyclic) bond motifs is 1. The number of allylic oxidation sites excluding steroid dienone is 3. The van der Waals surface area contributed by atoms with Gasteiger partial charge in [-0.05, 0) is 75.4 Å². The van der Waals surface area contributed by atoms with E-state index in [1.165, 1.54) is 12.1 Å². The lowest BCUT2D eigenvalue weighted by Crippen LogP contribution is -2.36. The van der Waals surface area contributed by atoms with Gasteiger partial charge in [0.15, 0.2) is 23.1 Å². The lowest BCUT2D eigenvalue weighted by molar-refractivity contribution is -0.136. The van der Waals surface area contributed by atoms with Crippen LogP contribution in [0.2, 0.25) is 0 Å². The van der Waals surface area contributed by atoms with Gasteiger partial charge in [0, 0.05) is 35.9 Å². The molecule has 0 saturated carbocycles. The predicted octanol–water partition coefficient (Wildman–Crippen LogP) is 5.27. The maximum Gasteiger partial charge on any atom is 0.313 e. The average molecular weight is 575 g/mol. The first-order valence-electron chi connectivity index (χ1n) is 14.2. The van der Waals surface area contributed by atoms with Crippen LogP contribution >= 0.6 is 0 Å². The van der Waals surface area contributed by atoms with Crippen LogP contribution in [0.1, 0.15) is 32.1 Å². The lowest BCUT2D eigenvalue weighted by Gasteiger charge is -2.23. The number of pyridine rings is 1. The number of methoxy groups -OCH3 is 1. The number of amides is 2. The van der Waals surface area contributed by atoms with Gasteiger partial charge in [0.1, 0.15) is 5.75 Å². The van der Waals surface area contributed by atoms with Crippen LogP contribution in [0.5, 0.6) is 23.0 Å². The van der Waals surface area contributed by atoms with Gasteiger partial charge in [0.25, 0.3) is 0 Å². The van der Waals surface area contributed by atoms with Crippen molar-refractivity contribution >= 4 is 28.4 Å². The SMILES string of the molecule is COc1cc2c(Oc3ccc(NC(=O)C(=O)NCCC4=CCCC=C4)cc3F)ccnc2cc1OCC1CCNCC1. The summed E-state index contributed by atoms with van der Waals surface area (Å²) in [5.41, 5.74) is 1.87. The highest BCUT2D eigenvalue weighted by molar-refractivity contribution is 6.39. The van der Waals surface area contributed by atoms with Crippen LogP contribution in [0, 0.1) is 11.7 Å². The minimum atomic E-state index is -0.873. The number of hydrogen-bond donors (Lipinski definition) is 3. The van der Waals surface area contributed by atoms with E-state index in [0.717, 1.165) is 50.4 Å². The number of carbonyl (C=O) groups excluding carboxylic acids is 2. The zero-order valence-corrected chi connectivity index (χ0v) is 23.6. The number of carbonyl (C=O) groups is 2. The second-order valence-corrected chi connectivity index (χ2v) is 10.3. The van der Waals surface area contributed by atoms with Crippen molar-refractivity contribution in [3.63, 3.8) is 0 Å². The van der Waals surface area contributed by atoms with Crippen molar-refractivity contribution in [1.82, 2.24) is 15.6 Å². The van der Waals surface area contributed by atoms with Gasteiger partial charge in [0.2, 0.25) is 0 Å². The molecule has 9 nitrogen and oxygen atoms in total. The van der Waals surface area contributed by atoms with Crippen molar-refractivity contribution in [2.45, 2.75) is 32.1 Å². The summed E-state index contributed by atoms with van der Waals surface area (Å²) in [5, 5.41) is 9.00. The van der Waals surface area contributed by atoms with Crippen molar-refractivity contribution in [2.24, 2.45) is 5.92 Å². The van der Waals surface area contributed by atoms with E-state index in [1.54, 1.807) is 31.5 Å². The van der Waals surface area contributed by atoms with Crippen molar-refractivity contribution in [2.75, 3.05) is 38.7 Å². The van der Waals surface area contributed by atoms with Gasteiger partial charge in [0.05, 0.1) is 19.2 Å². The fraction of sp³-hybridized carbons (Fsp3) is 0.344. The number of halogens is 1. The third-order valence-corrected chi connectivity index (χ3v) is 7.31. The monoisotopic (exact) mass is 574 g/mol. The highest BCUT2D eigenvalue weighted by Gasteiger charge is 2.18. The molecule has 1 aliphatic carbocycles. The lowest BCUT2D eigenvalue weighted by atomic mass is 9.99. The molecule has 0 radical (unpaired) electrons. The van der Waals surface area contributed by atoms with Crippen LogP contribution in [-0.4, -0.2) is 50.1 Å². The molecule has 2 heterocycles. The molecule has 5 rings (SSSR count). The summed E-state index contributed by atoms with van der Waals surface area (Å²) in [6.45, 7) is 2.90. The van der Waals surface area contributed by atoms with Crippen molar-refractivity contribution < 1.29 is 28.2 Å². The zero-order valence-electron chi connectivity index (χ0n) is 23.6. The molecule has 42 heavy (non-hydrogen) atoms. The highest BCUT2D eigenvalue weighted by atomic mass is 19.1. The third-order valence-electron chi connectivity index (χ3n) is 7.31. The second-order valence-electron chi connectivity index (χ2n) is 10.3. The van der Waals surface area contributed by atoms with Crippen molar-refractivity contribution in [3.8, 4) is 23.0 Å². The summed E-state index contributed by atoms with van der Waals surface area (Å²) in [5.74, 6) is -0.451. The van der Waals surface area contributed by atoms with E-state index >= 15 is 4.39 Å². The molecule has 0 spiro atoms. The number of nitrogens with zero attached hydrogens (tertiary/aromatic N) is 1. The molecule has 1 saturated heterocycles. The Morgan fingerprint density at radius 2 is 1.88 bits per heavy atom. The molecular weight excluding hydrogens is 539 g/mol. The van der Waals surface area contributed by atoms with E-state index in [1.807, 2.05) is 6.08 Å². The summed E-state index contributed by atoms with van der Waals surface area (Å²) < 4.78 is 32.6. The first-order chi connectivity index (χ1) is 20.5. The molecular formula is C32H35FN4O5. The Kier molecular flexibility index (Phi) is 9.66. The van der Waals surface area contributed by atoms with Gasteiger partial charge in [-0.25, -0.2) is 4.39 Å². The molecule has 1 aliphatic heterocycles. The van der Waals surface area contributed by atoms with E-state index in [2.05, 4.69) is 33.1 Å². The molecule has 1 fully saturated rings. The minimum absolute atomic E-state index is 0.0519. The van der Waals surface area contributed by atoms with Crippen LogP contribution in [0.4, 0.5) is 10.1 Å². The van der Waals surface area contributed by atoms with Crippen molar-refractivity contribution in [3.05, 3.63) is 72.2 Å². The molecule has 3 N–H and O–H groups in total. The van der Waals surface area contributed by atoms with E-state index in [9.17, 15) is 9.59 Å². The Morgan fingerprint density at radius 3 is 2.64 bits per heavy atom. The molecule has 1 aromatic heterocycles. The Labute approximate surface area is 244 Å². The smallest absolute Gasteiger partial charge is 0.313 e. The topological polar surface area (TPSA) is 111 Å². The number of nitrogens with one attached hydrogen (secondary N) is 3. The Bertz CT molecular complexity index is 1500. The Balaban J connectivity index is 1.22. The van der Waals surface area contributed by atoms with E-state index in [-0.39, 0.29) is 11.4 Å². The summed E-state index contributed by atoms with van der Waals surface area (Å²) >= 11 is 0. The number of aromatic nitrogens is 1. The van der Waals surface area contributed by atoms with Crippen LogP contribution in [0.3, 0.4) is 0 Å². The number of anilines is 1. The second kappa shape index (κ2) is 14.0. The molecule has 0 bridgehead atoms. The average Bonchev–Trinajstić information content (AvgIpc) is 3.02. The van der Waals surface area contributed by atoms with Crippen molar-refractivity contribution in [1.29, 1.82) is 0 Å². The standard InChI is InChI=1S/C32H35FN4O5/c1-40-29-18-24-26(19-30(29)41-20-22-9-13-34-14-10-22)35-16-12-27(24)42-28-8-7-23(17-25(28)33)37-32(39)31(38)36-15-11-21-5-3-2-4-6-21/h3,5-8,12,16-19,22,34H,2,4,9-11,13-15,20H2,1H3,(H,36,38)(H,37,39). The normalized spacial score (nSPS) is 15.1. The molecule has 2 aromatic carbocycles. The number of rotatable bonds is 10. The molecule has 10 heteroatoms. The largest absolute Gasteiger partial charge is 0.493 e. The molecule has 0 unspecified atom stereocenters. The fourth-order valence-electron chi connectivity index (χ4n) is 4.97. The maximum atomic E-state index is 15.0. The first-order valence-corrected chi connectivity index (χ1v) is 14.2. The molecule has 0 atom stereocenters. The van der Waals surface area contributed by atoms with Gasteiger partial charge in [-0.3, -0.25) is 14.6 Å².